The smallest absolute Gasteiger partial charge is 0.253 e. The number of hydrogen-bond donors (Lipinski definition) is 1. The van der Waals surface area contributed by atoms with E-state index >= 15 is 0 Å². The zero-order valence-corrected chi connectivity index (χ0v) is 11.3. The van der Waals surface area contributed by atoms with Crippen molar-refractivity contribution >= 4 is 5.91 Å². The van der Waals surface area contributed by atoms with Gasteiger partial charge >= 0.3 is 0 Å². The van der Waals surface area contributed by atoms with Crippen molar-refractivity contribution in [3.8, 4) is 0 Å². The van der Waals surface area contributed by atoms with Gasteiger partial charge in [0.2, 0.25) is 0 Å². The molecule has 1 aromatic rings. The summed E-state index contributed by atoms with van der Waals surface area (Å²) in [4.78, 5) is 14.1. The second-order valence-electron chi connectivity index (χ2n) is 5.02. The van der Waals surface area contributed by atoms with Crippen molar-refractivity contribution < 1.29 is 4.79 Å². The Balaban J connectivity index is 2.00. The van der Waals surface area contributed by atoms with Crippen molar-refractivity contribution in [2.24, 2.45) is 0 Å². The number of rotatable bonds is 5. The van der Waals surface area contributed by atoms with Crippen LogP contribution in [0.5, 0.6) is 0 Å². The Labute approximate surface area is 109 Å². The predicted octanol–water partition coefficient (Wildman–Crippen LogP) is 1.86. The van der Waals surface area contributed by atoms with Crippen molar-refractivity contribution in [3.63, 3.8) is 0 Å². The first kappa shape index (κ1) is 13.1. The Bertz CT molecular complexity index is 429. The summed E-state index contributed by atoms with van der Waals surface area (Å²) in [5.41, 5.74) is 3.62. The van der Waals surface area contributed by atoms with Crippen LogP contribution < -0.4 is 5.32 Å². The van der Waals surface area contributed by atoms with Crippen molar-refractivity contribution in [1.29, 1.82) is 0 Å². The van der Waals surface area contributed by atoms with Crippen molar-refractivity contribution in [2.75, 3.05) is 27.2 Å². The first-order valence-electron chi connectivity index (χ1n) is 6.74. The number of nitrogens with one attached hydrogen (secondary N) is 1. The summed E-state index contributed by atoms with van der Waals surface area (Å²) in [7, 11) is 3.81. The molecule has 0 saturated carbocycles. The zero-order chi connectivity index (χ0) is 13.0. The molecular weight excluding hydrogens is 224 g/mol. The number of fused-ring (bicyclic) bond motifs is 1. The fourth-order valence-corrected chi connectivity index (χ4v) is 2.52. The first-order chi connectivity index (χ1) is 8.72. The highest BCUT2D eigenvalue weighted by molar-refractivity contribution is 5.94. The van der Waals surface area contributed by atoms with Gasteiger partial charge in [-0.1, -0.05) is 6.07 Å². The molecule has 0 bridgehead atoms. The third kappa shape index (κ3) is 2.91. The number of carbonyl (C=O) groups is 1. The fraction of sp³-hybridized carbons (Fsp3) is 0.533. The molecule has 0 spiro atoms. The number of benzene rings is 1. The van der Waals surface area contributed by atoms with Gasteiger partial charge in [-0.25, -0.2) is 0 Å². The van der Waals surface area contributed by atoms with E-state index in [1.807, 2.05) is 25.1 Å². The molecular formula is C15H22N2O. The second-order valence-corrected chi connectivity index (χ2v) is 5.02. The minimum absolute atomic E-state index is 0.140. The van der Waals surface area contributed by atoms with Gasteiger partial charge in [-0.3, -0.25) is 4.79 Å². The van der Waals surface area contributed by atoms with E-state index < -0.39 is 0 Å². The maximum Gasteiger partial charge on any atom is 0.253 e. The highest BCUT2D eigenvalue weighted by Crippen LogP contribution is 2.23. The number of aryl methyl sites for hydroxylation is 2. The van der Waals surface area contributed by atoms with Crippen molar-refractivity contribution in [1.82, 2.24) is 10.2 Å². The highest BCUT2D eigenvalue weighted by Gasteiger charge is 2.16. The molecule has 3 heteroatoms. The van der Waals surface area contributed by atoms with Gasteiger partial charge in [0, 0.05) is 19.2 Å². The van der Waals surface area contributed by atoms with Crippen LogP contribution in [0.1, 0.15) is 34.3 Å². The molecule has 1 aromatic carbocycles. The molecule has 0 fully saturated rings. The SMILES string of the molecule is CNCCCN(C)C(=O)c1ccc2c(c1)CCC2. The Morgan fingerprint density at radius 1 is 1.33 bits per heavy atom. The topological polar surface area (TPSA) is 32.3 Å². The Morgan fingerprint density at radius 2 is 2.11 bits per heavy atom. The van der Waals surface area contributed by atoms with Gasteiger partial charge in [0.05, 0.1) is 0 Å². The van der Waals surface area contributed by atoms with Crippen LogP contribution in [0.4, 0.5) is 0 Å². The van der Waals surface area contributed by atoms with E-state index in [9.17, 15) is 4.79 Å². The standard InChI is InChI=1S/C15H22N2O/c1-16-9-4-10-17(2)15(18)14-8-7-12-5-3-6-13(12)11-14/h7-8,11,16H,3-6,9-10H2,1-2H3. The highest BCUT2D eigenvalue weighted by atomic mass is 16.2. The second kappa shape index (κ2) is 6.01. The summed E-state index contributed by atoms with van der Waals surface area (Å²) in [5, 5.41) is 3.10. The Kier molecular flexibility index (Phi) is 4.37. The molecule has 2 rings (SSSR count). The summed E-state index contributed by atoms with van der Waals surface area (Å²) >= 11 is 0. The van der Waals surface area contributed by atoms with E-state index in [0.29, 0.717) is 0 Å². The molecule has 0 heterocycles. The van der Waals surface area contributed by atoms with E-state index in [2.05, 4.69) is 17.4 Å². The normalized spacial score (nSPS) is 13.4. The molecule has 98 valence electrons. The number of amides is 1. The lowest BCUT2D eigenvalue weighted by molar-refractivity contribution is 0.0793. The third-order valence-corrected chi connectivity index (χ3v) is 3.61. The molecule has 1 N–H and O–H groups in total. The lowest BCUT2D eigenvalue weighted by atomic mass is 10.1. The van der Waals surface area contributed by atoms with Crippen LogP contribution in [0.25, 0.3) is 0 Å². The zero-order valence-electron chi connectivity index (χ0n) is 11.3. The summed E-state index contributed by atoms with van der Waals surface area (Å²) in [6.07, 6.45) is 4.51. The van der Waals surface area contributed by atoms with Crippen LogP contribution in [0, 0.1) is 0 Å². The average molecular weight is 246 g/mol. The Hall–Kier alpha value is -1.35. The van der Waals surface area contributed by atoms with E-state index in [1.54, 1.807) is 0 Å². The minimum Gasteiger partial charge on any atom is -0.342 e. The maximum atomic E-state index is 12.2. The van der Waals surface area contributed by atoms with Gasteiger partial charge < -0.3 is 10.2 Å². The number of carbonyl (C=O) groups excluding carboxylic acids is 1. The van der Waals surface area contributed by atoms with E-state index in [1.165, 1.54) is 24.0 Å². The minimum atomic E-state index is 0.140. The van der Waals surface area contributed by atoms with Crippen LogP contribution in [-0.4, -0.2) is 38.0 Å². The summed E-state index contributed by atoms with van der Waals surface area (Å²) in [6.45, 7) is 1.75. The van der Waals surface area contributed by atoms with E-state index in [0.717, 1.165) is 31.5 Å². The molecule has 18 heavy (non-hydrogen) atoms. The van der Waals surface area contributed by atoms with Gasteiger partial charge in [-0.2, -0.15) is 0 Å². The maximum absolute atomic E-state index is 12.2. The quantitative estimate of drug-likeness (QED) is 0.804. The molecule has 1 aliphatic carbocycles. The predicted molar refractivity (Wildman–Crippen MR) is 74.0 cm³/mol. The van der Waals surface area contributed by atoms with Crippen molar-refractivity contribution in [3.05, 3.63) is 34.9 Å². The largest absolute Gasteiger partial charge is 0.342 e. The van der Waals surface area contributed by atoms with Gasteiger partial charge in [0.25, 0.3) is 5.91 Å². The van der Waals surface area contributed by atoms with Crippen molar-refractivity contribution in [2.45, 2.75) is 25.7 Å². The number of nitrogens with zero attached hydrogens (tertiary/aromatic N) is 1. The lowest BCUT2D eigenvalue weighted by Gasteiger charge is -2.17. The van der Waals surface area contributed by atoms with Gasteiger partial charge in [0.15, 0.2) is 0 Å². The Morgan fingerprint density at radius 3 is 2.89 bits per heavy atom. The first-order valence-corrected chi connectivity index (χ1v) is 6.74. The lowest BCUT2D eigenvalue weighted by Crippen LogP contribution is -2.29. The summed E-state index contributed by atoms with van der Waals surface area (Å²) in [5.74, 6) is 0.140. The van der Waals surface area contributed by atoms with Crippen LogP contribution in [0.15, 0.2) is 18.2 Å². The third-order valence-electron chi connectivity index (χ3n) is 3.61. The van der Waals surface area contributed by atoms with Gasteiger partial charge in [0.1, 0.15) is 0 Å². The molecule has 0 radical (unpaired) electrons. The molecule has 0 aliphatic heterocycles. The van der Waals surface area contributed by atoms with Crippen LogP contribution >= 0.6 is 0 Å². The fourth-order valence-electron chi connectivity index (χ4n) is 2.52. The van der Waals surface area contributed by atoms with E-state index in [4.69, 9.17) is 0 Å². The molecule has 0 unspecified atom stereocenters. The molecule has 1 aliphatic rings. The molecule has 0 atom stereocenters. The van der Waals surface area contributed by atoms with Crippen LogP contribution in [0.3, 0.4) is 0 Å². The number of hydrogen-bond acceptors (Lipinski definition) is 2. The molecule has 0 saturated heterocycles. The summed E-state index contributed by atoms with van der Waals surface area (Å²) < 4.78 is 0. The van der Waals surface area contributed by atoms with Crippen LogP contribution in [0.2, 0.25) is 0 Å². The molecule has 1 amide bonds. The summed E-state index contributed by atoms with van der Waals surface area (Å²) in [6, 6.07) is 6.18. The van der Waals surface area contributed by atoms with Gasteiger partial charge in [-0.15, -0.1) is 0 Å². The molecule has 0 aromatic heterocycles. The van der Waals surface area contributed by atoms with Crippen LogP contribution in [-0.2, 0) is 12.8 Å². The molecule has 3 nitrogen and oxygen atoms in total. The monoisotopic (exact) mass is 246 g/mol. The van der Waals surface area contributed by atoms with E-state index in [-0.39, 0.29) is 5.91 Å². The average Bonchev–Trinajstić information content (AvgIpc) is 2.85. The van der Waals surface area contributed by atoms with Gasteiger partial charge in [-0.05, 0) is 62.5 Å².